The fraction of sp³-hybridized carbons (Fsp3) is 0.0667. The molecule has 0 amide bonds. The molecule has 0 spiro atoms. The molecule has 2 aromatic heterocycles. The molecule has 2 N–H and O–H groups in total. The highest BCUT2D eigenvalue weighted by atomic mass is 16.5. The summed E-state index contributed by atoms with van der Waals surface area (Å²) in [7, 11) is 0. The topological polar surface area (TPSA) is 64.9 Å². The van der Waals surface area contributed by atoms with Crippen molar-refractivity contribution in [3.05, 3.63) is 54.6 Å². The molecule has 0 radical (unpaired) electrons. The van der Waals surface area contributed by atoms with E-state index in [1.165, 1.54) is 0 Å². The molecule has 3 rings (SSSR count). The second-order valence-electron chi connectivity index (χ2n) is 4.31. The van der Waals surface area contributed by atoms with Gasteiger partial charge in [-0.25, -0.2) is 0 Å². The van der Waals surface area contributed by atoms with Crippen LogP contribution in [0.2, 0.25) is 0 Å². The second-order valence-corrected chi connectivity index (χ2v) is 4.31. The average Bonchev–Trinajstić information content (AvgIpc) is 2.86. The van der Waals surface area contributed by atoms with Crippen LogP contribution in [-0.4, -0.2) is 10.1 Å². The van der Waals surface area contributed by atoms with E-state index < -0.39 is 0 Å². The van der Waals surface area contributed by atoms with Crippen LogP contribution in [0, 0.1) is 6.92 Å². The first-order chi connectivity index (χ1) is 9.25. The number of pyridine rings is 1. The summed E-state index contributed by atoms with van der Waals surface area (Å²) < 4.78 is 5.07. The normalized spacial score (nSPS) is 10.6. The Kier molecular flexibility index (Phi) is 2.76. The van der Waals surface area contributed by atoms with Crippen molar-refractivity contribution in [2.24, 2.45) is 0 Å². The molecule has 0 aliphatic heterocycles. The van der Waals surface area contributed by atoms with Crippen molar-refractivity contribution in [1.29, 1.82) is 0 Å². The largest absolute Gasteiger partial charge is 0.398 e. The lowest BCUT2D eigenvalue weighted by Crippen LogP contribution is -1.92. The van der Waals surface area contributed by atoms with Crippen LogP contribution in [0.25, 0.3) is 22.4 Å². The van der Waals surface area contributed by atoms with Crippen molar-refractivity contribution in [3.63, 3.8) is 0 Å². The Hall–Kier alpha value is -2.62. The van der Waals surface area contributed by atoms with E-state index in [2.05, 4.69) is 10.1 Å². The maximum atomic E-state index is 6.12. The van der Waals surface area contributed by atoms with Crippen LogP contribution in [-0.2, 0) is 0 Å². The number of anilines is 1. The quantitative estimate of drug-likeness (QED) is 0.710. The van der Waals surface area contributed by atoms with E-state index in [0.717, 1.165) is 28.1 Å². The number of nitrogens with two attached hydrogens (primary N) is 1. The Bertz CT molecular complexity index is 704. The number of hydrogen-bond acceptors (Lipinski definition) is 4. The average molecular weight is 251 g/mol. The Morgan fingerprint density at radius 1 is 1.11 bits per heavy atom. The van der Waals surface area contributed by atoms with Gasteiger partial charge in [0.1, 0.15) is 5.76 Å². The first-order valence-corrected chi connectivity index (χ1v) is 5.98. The van der Waals surface area contributed by atoms with Gasteiger partial charge in [-0.15, -0.1) is 0 Å². The SMILES string of the molecule is Cc1oncc1-c1ccc(-c2ccccn2)c(N)c1. The minimum absolute atomic E-state index is 0.691. The third-order valence-electron chi connectivity index (χ3n) is 3.05. The van der Waals surface area contributed by atoms with E-state index in [9.17, 15) is 0 Å². The maximum absolute atomic E-state index is 6.12. The minimum Gasteiger partial charge on any atom is -0.398 e. The van der Waals surface area contributed by atoms with Crippen LogP contribution in [0.4, 0.5) is 5.69 Å². The molecule has 0 aliphatic carbocycles. The zero-order valence-electron chi connectivity index (χ0n) is 10.5. The lowest BCUT2D eigenvalue weighted by atomic mass is 10.0. The standard InChI is InChI=1S/C15H13N3O/c1-10-13(9-18-19-10)11-5-6-12(14(16)8-11)15-4-2-3-7-17-15/h2-9H,16H2,1H3. The number of aromatic nitrogens is 2. The fourth-order valence-electron chi connectivity index (χ4n) is 2.06. The van der Waals surface area contributed by atoms with E-state index >= 15 is 0 Å². The second kappa shape index (κ2) is 4.57. The fourth-order valence-corrected chi connectivity index (χ4v) is 2.06. The van der Waals surface area contributed by atoms with E-state index in [0.29, 0.717) is 5.69 Å². The summed E-state index contributed by atoms with van der Waals surface area (Å²) in [4.78, 5) is 4.31. The molecule has 4 heteroatoms. The number of aryl methyl sites for hydroxylation is 1. The summed E-state index contributed by atoms with van der Waals surface area (Å²) in [5.41, 5.74) is 10.6. The Morgan fingerprint density at radius 2 is 2.00 bits per heavy atom. The van der Waals surface area contributed by atoms with Gasteiger partial charge in [0.2, 0.25) is 0 Å². The molecule has 0 saturated carbocycles. The van der Waals surface area contributed by atoms with Crippen molar-refractivity contribution >= 4 is 5.69 Å². The van der Waals surface area contributed by atoms with Gasteiger partial charge in [-0.3, -0.25) is 4.98 Å². The van der Waals surface area contributed by atoms with E-state index in [4.69, 9.17) is 10.3 Å². The molecule has 19 heavy (non-hydrogen) atoms. The number of nitrogens with zero attached hydrogens (tertiary/aromatic N) is 2. The highest BCUT2D eigenvalue weighted by Crippen LogP contribution is 2.30. The summed E-state index contributed by atoms with van der Waals surface area (Å²) in [6, 6.07) is 11.7. The predicted molar refractivity (Wildman–Crippen MR) is 74.3 cm³/mol. The monoisotopic (exact) mass is 251 g/mol. The van der Waals surface area contributed by atoms with Crippen molar-refractivity contribution in [2.45, 2.75) is 6.92 Å². The van der Waals surface area contributed by atoms with Crippen LogP contribution in [0.15, 0.2) is 53.3 Å². The molecular formula is C15H13N3O. The Morgan fingerprint density at radius 3 is 2.63 bits per heavy atom. The van der Waals surface area contributed by atoms with Crippen LogP contribution in [0.3, 0.4) is 0 Å². The van der Waals surface area contributed by atoms with Gasteiger partial charge in [-0.1, -0.05) is 23.4 Å². The zero-order chi connectivity index (χ0) is 13.2. The van der Waals surface area contributed by atoms with Crippen LogP contribution in [0.1, 0.15) is 5.76 Å². The molecule has 1 aromatic carbocycles. The van der Waals surface area contributed by atoms with Gasteiger partial charge in [-0.05, 0) is 30.7 Å². The predicted octanol–water partition coefficient (Wildman–Crippen LogP) is 3.29. The molecule has 4 nitrogen and oxygen atoms in total. The lowest BCUT2D eigenvalue weighted by molar-refractivity contribution is 0.398. The molecule has 0 unspecified atom stereocenters. The van der Waals surface area contributed by atoms with Gasteiger partial charge >= 0.3 is 0 Å². The van der Waals surface area contributed by atoms with Crippen LogP contribution in [0.5, 0.6) is 0 Å². The number of hydrogen-bond donors (Lipinski definition) is 1. The lowest BCUT2D eigenvalue weighted by Gasteiger charge is -2.07. The van der Waals surface area contributed by atoms with Crippen molar-refractivity contribution in [3.8, 4) is 22.4 Å². The van der Waals surface area contributed by atoms with Crippen LogP contribution >= 0.6 is 0 Å². The van der Waals surface area contributed by atoms with Gasteiger partial charge < -0.3 is 10.3 Å². The minimum atomic E-state index is 0.691. The van der Waals surface area contributed by atoms with Gasteiger partial charge in [0.05, 0.1) is 11.9 Å². The highest BCUT2D eigenvalue weighted by Gasteiger charge is 2.09. The molecule has 2 heterocycles. The summed E-state index contributed by atoms with van der Waals surface area (Å²) in [6.07, 6.45) is 3.46. The molecule has 0 saturated heterocycles. The Balaban J connectivity index is 2.06. The zero-order valence-corrected chi connectivity index (χ0v) is 10.5. The van der Waals surface area contributed by atoms with Crippen molar-refractivity contribution < 1.29 is 4.52 Å². The molecule has 0 atom stereocenters. The first-order valence-electron chi connectivity index (χ1n) is 5.98. The number of rotatable bonds is 2. The van der Waals surface area contributed by atoms with Gasteiger partial charge in [-0.2, -0.15) is 0 Å². The van der Waals surface area contributed by atoms with E-state index in [1.54, 1.807) is 12.4 Å². The molecule has 0 aliphatic rings. The molecule has 0 bridgehead atoms. The number of nitrogen functional groups attached to an aromatic ring is 1. The third-order valence-corrected chi connectivity index (χ3v) is 3.05. The van der Waals surface area contributed by atoms with Crippen LogP contribution < -0.4 is 5.73 Å². The molecule has 3 aromatic rings. The summed E-state index contributed by atoms with van der Waals surface area (Å²) in [5, 5.41) is 3.78. The maximum Gasteiger partial charge on any atom is 0.141 e. The van der Waals surface area contributed by atoms with Crippen molar-refractivity contribution in [2.75, 3.05) is 5.73 Å². The molecule has 94 valence electrons. The summed E-state index contributed by atoms with van der Waals surface area (Å²) in [6.45, 7) is 1.88. The third kappa shape index (κ3) is 2.08. The van der Waals surface area contributed by atoms with Gasteiger partial charge in [0.15, 0.2) is 0 Å². The summed E-state index contributed by atoms with van der Waals surface area (Å²) >= 11 is 0. The first kappa shape index (κ1) is 11.5. The smallest absolute Gasteiger partial charge is 0.141 e. The highest BCUT2D eigenvalue weighted by molar-refractivity contribution is 5.79. The van der Waals surface area contributed by atoms with Gasteiger partial charge in [0.25, 0.3) is 0 Å². The van der Waals surface area contributed by atoms with E-state index in [1.807, 2.05) is 43.3 Å². The number of benzene rings is 1. The van der Waals surface area contributed by atoms with E-state index in [-0.39, 0.29) is 0 Å². The van der Waals surface area contributed by atoms with Gasteiger partial charge in [0, 0.05) is 23.0 Å². The molecular weight excluding hydrogens is 238 g/mol. The van der Waals surface area contributed by atoms with Crippen molar-refractivity contribution in [1.82, 2.24) is 10.1 Å². The Labute approximate surface area is 110 Å². The molecule has 0 fully saturated rings. The summed E-state index contributed by atoms with van der Waals surface area (Å²) in [5.74, 6) is 0.782.